The first-order valence-corrected chi connectivity index (χ1v) is 8.56. The lowest BCUT2D eigenvalue weighted by Gasteiger charge is -2.31. The molecule has 1 heterocycles. The number of benzene rings is 1. The second-order valence-electron chi connectivity index (χ2n) is 7.48. The molecule has 0 spiro atoms. The molecule has 0 radical (unpaired) electrons. The minimum Gasteiger partial charge on any atom is -0.456 e. The van der Waals surface area contributed by atoms with Gasteiger partial charge in [-0.15, -0.1) is 0 Å². The van der Waals surface area contributed by atoms with Crippen molar-refractivity contribution >= 4 is 5.97 Å². The summed E-state index contributed by atoms with van der Waals surface area (Å²) in [4.78, 5) is 14.5. The van der Waals surface area contributed by atoms with Gasteiger partial charge >= 0.3 is 5.97 Å². The highest BCUT2D eigenvalue weighted by Gasteiger charge is 2.20. The van der Waals surface area contributed by atoms with E-state index in [4.69, 9.17) is 4.74 Å². The van der Waals surface area contributed by atoms with Crippen molar-refractivity contribution < 1.29 is 9.53 Å². The number of nitrogens with one attached hydrogen (secondary N) is 1. The molecule has 2 rings (SSSR count). The second-order valence-corrected chi connectivity index (χ2v) is 7.48. The fourth-order valence-corrected chi connectivity index (χ4v) is 2.98. The molecule has 0 aliphatic carbocycles. The average Bonchev–Trinajstić information content (AvgIpc) is 2.48. The lowest BCUT2D eigenvalue weighted by Crippen LogP contribution is -2.36. The molecule has 4 nitrogen and oxygen atoms in total. The smallest absolute Gasteiger partial charge is 0.338 e. The zero-order valence-electron chi connectivity index (χ0n) is 14.9. The standard InChI is InChI=1S/C19H30N2O2/c1-19(2,3)23-18(22)17-7-5-16(6-8-17)14-21-11-9-15(10-12-21)13-20-4/h5-8,15,20H,9-14H2,1-4H3. The Balaban J connectivity index is 1.85. The van der Waals surface area contributed by atoms with Crippen LogP contribution < -0.4 is 5.32 Å². The topological polar surface area (TPSA) is 41.6 Å². The summed E-state index contributed by atoms with van der Waals surface area (Å²) < 4.78 is 5.39. The Morgan fingerprint density at radius 3 is 2.35 bits per heavy atom. The monoisotopic (exact) mass is 318 g/mol. The molecule has 1 aromatic carbocycles. The molecule has 0 atom stereocenters. The number of ether oxygens (including phenoxy) is 1. The molecule has 0 unspecified atom stereocenters. The van der Waals surface area contributed by atoms with Gasteiger partial charge in [-0.2, -0.15) is 0 Å². The molecule has 1 N–H and O–H groups in total. The van der Waals surface area contributed by atoms with Crippen LogP contribution in [-0.4, -0.2) is 43.2 Å². The summed E-state index contributed by atoms with van der Waals surface area (Å²) in [6.45, 7) is 10.0. The van der Waals surface area contributed by atoms with Crippen LogP contribution in [-0.2, 0) is 11.3 Å². The van der Waals surface area contributed by atoms with Crippen LogP contribution in [0.4, 0.5) is 0 Å². The number of rotatable bonds is 5. The maximum atomic E-state index is 12.0. The van der Waals surface area contributed by atoms with Gasteiger partial charge in [-0.3, -0.25) is 4.90 Å². The zero-order valence-corrected chi connectivity index (χ0v) is 14.9. The predicted molar refractivity (Wildman–Crippen MR) is 93.5 cm³/mol. The summed E-state index contributed by atoms with van der Waals surface area (Å²) >= 11 is 0. The van der Waals surface area contributed by atoms with Gasteiger partial charge in [-0.25, -0.2) is 4.79 Å². The fourth-order valence-electron chi connectivity index (χ4n) is 2.98. The van der Waals surface area contributed by atoms with Crippen LogP contribution in [0.5, 0.6) is 0 Å². The van der Waals surface area contributed by atoms with Crippen LogP contribution in [0.25, 0.3) is 0 Å². The first kappa shape index (κ1) is 18.0. The molecule has 1 fully saturated rings. The van der Waals surface area contributed by atoms with Crippen LogP contribution in [0.15, 0.2) is 24.3 Å². The van der Waals surface area contributed by atoms with E-state index in [0.29, 0.717) is 5.56 Å². The molecule has 0 amide bonds. The van der Waals surface area contributed by atoms with Crippen molar-refractivity contribution in [2.45, 2.75) is 45.8 Å². The van der Waals surface area contributed by atoms with E-state index in [1.165, 1.54) is 18.4 Å². The van der Waals surface area contributed by atoms with E-state index in [-0.39, 0.29) is 5.97 Å². The molecule has 23 heavy (non-hydrogen) atoms. The van der Waals surface area contributed by atoms with Gasteiger partial charge in [0.15, 0.2) is 0 Å². The number of piperidine rings is 1. The summed E-state index contributed by atoms with van der Waals surface area (Å²) in [6, 6.07) is 7.83. The molecule has 1 aliphatic heterocycles. The summed E-state index contributed by atoms with van der Waals surface area (Å²) in [6.07, 6.45) is 2.52. The van der Waals surface area contributed by atoms with Gasteiger partial charge in [0.05, 0.1) is 5.56 Å². The van der Waals surface area contributed by atoms with Crippen molar-refractivity contribution in [3.63, 3.8) is 0 Å². The van der Waals surface area contributed by atoms with Crippen molar-refractivity contribution in [3.8, 4) is 0 Å². The Hall–Kier alpha value is -1.39. The maximum Gasteiger partial charge on any atom is 0.338 e. The number of likely N-dealkylation sites (tertiary alicyclic amines) is 1. The molecule has 1 saturated heterocycles. The molecule has 1 aliphatic rings. The second kappa shape index (κ2) is 7.93. The number of hydrogen-bond acceptors (Lipinski definition) is 4. The van der Waals surface area contributed by atoms with Crippen molar-refractivity contribution in [2.24, 2.45) is 5.92 Å². The van der Waals surface area contributed by atoms with Crippen molar-refractivity contribution in [1.82, 2.24) is 10.2 Å². The maximum absolute atomic E-state index is 12.0. The van der Waals surface area contributed by atoms with E-state index in [0.717, 1.165) is 32.1 Å². The summed E-state index contributed by atoms with van der Waals surface area (Å²) in [5, 5.41) is 3.27. The number of nitrogens with zero attached hydrogens (tertiary/aromatic N) is 1. The Bertz CT molecular complexity index is 497. The minimum atomic E-state index is -0.451. The normalized spacial score (nSPS) is 17.2. The van der Waals surface area contributed by atoms with Crippen molar-refractivity contribution in [2.75, 3.05) is 26.7 Å². The third kappa shape index (κ3) is 5.96. The van der Waals surface area contributed by atoms with Crippen LogP contribution >= 0.6 is 0 Å². The molecular weight excluding hydrogens is 288 g/mol. The lowest BCUT2D eigenvalue weighted by molar-refractivity contribution is 0.00695. The Labute approximate surface area is 140 Å². The number of hydrogen-bond donors (Lipinski definition) is 1. The summed E-state index contributed by atoms with van der Waals surface area (Å²) in [5.41, 5.74) is 1.42. The molecular formula is C19H30N2O2. The van der Waals surface area contributed by atoms with Crippen LogP contribution in [0.3, 0.4) is 0 Å². The average molecular weight is 318 g/mol. The third-order valence-corrected chi connectivity index (χ3v) is 4.19. The Morgan fingerprint density at radius 2 is 1.83 bits per heavy atom. The highest BCUT2D eigenvalue weighted by atomic mass is 16.6. The van der Waals surface area contributed by atoms with Gasteiger partial charge in [0.1, 0.15) is 5.60 Å². The van der Waals surface area contributed by atoms with Crippen molar-refractivity contribution in [3.05, 3.63) is 35.4 Å². The summed E-state index contributed by atoms with van der Waals surface area (Å²) in [5.74, 6) is 0.558. The first-order valence-electron chi connectivity index (χ1n) is 8.56. The van der Waals surface area contributed by atoms with Crippen LogP contribution in [0.1, 0.15) is 49.5 Å². The fraction of sp³-hybridized carbons (Fsp3) is 0.632. The molecule has 128 valence electrons. The van der Waals surface area contributed by atoms with E-state index in [1.54, 1.807) is 0 Å². The van der Waals surface area contributed by atoms with Gasteiger partial charge < -0.3 is 10.1 Å². The molecule has 0 bridgehead atoms. The molecule has 1 aromatic rings. The largest absolute Gasteiger partial charge is 0.456 e. The number of carbonyl (C=O) groups is 1. The van der Waals surface area contributed by atoms with Crippen molar-refractivity contribution in [1.29, 1.82) is 0 Å². The Kier molecular flexibility index (Phi) is 6.19. The molecule has 0 saturated carbocycles. The number of carbonyl (C=O) groups excluding carboxylic acids is 1. The Morgan fingerprint density at radius 1 is 1.22 bits per heavy atom. The van der Waals surface area contributed by atoms with E-state index in [1.807, 2.05) is 52.1 Å². The minimum absolute atomic E-state index is 0.253. The highest BCUT2D eigenvalue weighted by molar-refractivity contribution is 5.89. The molecule has 0 aromatic heterocycles. The predicted octanol–water partition coefficient (Wildman–Crippen LogP) is 3.07. The first-order chi connectivity index (χ1) is 10.9. The zero-order chi connectivity index (χ0) is 16.9. The van der Waals surface area contributed by atoms with Gasteiger partial charge in [-0.05, 0) is 83.9 Å². The molecule has 4 heteroatoms. The van der Waals surface area contributed by atoms with E-state index >= 15 is 0 Å². The number of esters is 1. The van der Waals surface area contributed by atoms with Gasteiger partial charge in [0, 0.05) is 6.54 Å². The van der Waals surface area contributed by atoms with E-state index in [9.17, 15) is 4.79 Å². The lowest BCUT2D eigenvalue weighted by atomic mass is 9.96. The SMILES string of the molecule is CNCC1CCN(Cc2ccc(C(=O)OC(C)(C)C)cc2)CC1. The third-order valence-electron chi connectivity index (χ3n) is 4.19. The van der Waals surface area contributed by atoms with E-state index < -0.39 is 5.60 Å². The quantitative estimate of drug-likeness (QED) is 0.847. The highest BCUT2D eigenvalue weighted by Crippen LogP contribution is 2.19. The van der Waals surface area contributed by atoms with Crippen LogP contribution in [0.2, 0.25) is 0 Å². The van der Waals surface area contributed by atoms with Gasteiger partial charge in [0.2, 0.25) is 0 Å². The van der Waals surface area contributed by atoms with Gasteiger partial charge in [-0.1, -0.05) is 12.1 Å². The van der Waals surface area contributed by atoms with Crippen LogP contribution in [0, 0.1) is 5.92 Å². The van der Waals surface area contributed by atoms with E-state index in [2.05, 4.69) is 10.2 Å². The van der Waals surface area contributed by atoms with Gasteiger partial charge in [0.25, 0.3) is 0 Å². The summed E-state index contributed by atoms with van der Waals surface area (Å²) in [7, 11) is 2.03.